The van der Waals surface area contributed by atoms with Crippen LogP contribution in [0.5, 0.6) is 11.5 Å². The van der Waals surface area contributed by atoms with Crippen LogP contribution in [-0.2, 0) is 13.1 Å². The number of nitrogens with zero attached hydrogens (tertiary/aromatic N) is 5. The summed E-state index contributed by atoms with van der Waals surface area (Å²) in [6.07, 6.45) is 0. The molecule has 7 nitrogen and oxygen atoms in total. The smallest absolute Gasteiger partial charge is 0.170 e. The van der Waals surface area contributed by atoms with Crippen molar-refractivity contribution in [1.82, 2.24) is 25.1 Å². The third-order valence-corrected chi connectivity index (χ3v) is 4.28. The molecule has 0 amide bonds. The van der Waals surface area contributed by atoms with Crippen molar-refractivity contribution < 1.29 is 9.47 Å². The molecule has 1 heterocycles. The first-order valence-electron chi connectivity index (χ1n) is 9.09. The summed E-state index contributed by atoms with van der Waals surface area (Å²) in [6, 6.07) is 16.0. The van der Waals surface area contributed by atoms with Crippen LogP contribution < -0.4 is 9.47 Å². The number of para-hydroxylation sites is 1. The van der Waals surface area contributed by atoms with Crippen molar-refractivity contribution in [3.8, 4) is 17.2 Å². The van der Waals surface area contributed by atoms with Crippen molar-refractivity contribution in [1.29, 1.82) is 0 Å². The van der Waals surface area contributed by atoms with Gasteiger partial charge in [-0.15, -0.1) is 5.10 Å². The van der Waals surface area contributed by atoms with Gasteiger partial charge < -0.3 is 9.47 Å². The van der Waals surface area contributed by atoms with E-state index in [0.717, 1.165) is 41.7 Å². The Labute approximate surface area is 159 Å². The van der Waals surface area contributed by atoms with Gasteiger partial charge in [-0.3, -0.25) is 4.90 Å². The van der Waals surface area contributed by atoms with Crippen LogP contribution in [0.3, 0.4) is 0 Å². The van der Waals surface area contributed by atoms with E-state index in [1.165, 1.54) is 0 Å². The average molecular weight is 367 g/mol. The van der Waals surface area contributed by atoms with Crippen molar-refractivity contribution in [2.45, 2.75) is 26.9 Å². The van der Waals surface area contributed by atoms with Crippen molar-refractivity contribution in [3.63, 3.8) is 0 Å². The number of hydrogen-bond donors (Lipinski definition) is 0. The number of rotatable bonds is 9. The molecule has 0 fully saturated rings. The second-order valence-electron chi connectivity index (χ2n) is 6.06. The summed E-state index contributed by atoms with van der Waals surface area (Å²) in [4.78, 5) is 2.28. The number of ether oxygens (including phenoxy) is 2. The van der Waals surface area contributed by atoms with Crippen LogP contribution >= 0.6 is 0 Å². The maximum atomic E-state index is 5.60. The summed E-state index contributed by atoms with van der Waals surface area (Å²) in [5, 5.41) is 12.2. The fraction of sp³-hybridized carbons (Fsp3) is 0.350. The average Bonchev–Trinajstić information content (AvgIpc) is 3.17. The molecule has 0 bridgehead atoms. The molecule has 0 aliphatic rings. The lowest BCUT2D eigenvalue weighted by Gasteiger charge is -2.20. The first-order chi connectivity index (χ1) is 13.2. The Kier molecular flexibility index (Phi) is 6.38. The summed E-state index contributed by atoms with van der Waals surface area (Å²) in [7, 11) is 1.66. The molecule has 1 aromatic heterocycles. The van der Waals surface area contributed by atoms with Gasteiger partial charge in [0.25, 0.3) is 0 Å². The number of methoxy groups -OCH3 is 1. The van der Waals surface area contributed by atoms with Gasteiger partial charge in [0.15, 0.2) is 17.3 Å². The zero-order valence-corrected chi connectivity index (χ0v) is 16.0. The highest BCUT2D eigenvalue weighted by atomic mass is 16.5. The second kappa shape index (κ2) is 9.14. The lowest BCUT2D eigenvalue weighted by Crippen LogP contribution is -2.24. The lowest BCUT2D eigenvalue weighted by atomic mass is 10.2. The fourth-order valence-corrected chi connectivity index (χ4v) is 2.90. The zero-order valence-electron chi connectivity index (χ0n) is 16.0. The van der Waals surface area contributed by atoms with Crippen LogP contribution in [0.1, 0.15) is 25.2 Å². The van der Waals surface area contributed by atoms with Crippen LogP contribution in [0.15, 0.2) is 48.5 Å². The molecule has 2 aromatic carbocycles. The molecule has 0 atom stereocenters. The van der Waals surface area contributed by atoms with Gasteiger partial charge in [-0.2, -0.15) is 4.68 Å². The maximum Gasteiger partial charge on any atom is 0.170 e. The van der Waals surface area contributed by atoms with Crippen LogP contribution in [0, 0.1) is 0 Å². The first kappa shape index (κ1) is 18.8. The number of tetrazole rings is 1. The molecule has 0 unspecified atom stereocenters. The van der Waals surface area contributed by atoms with Gasteiger partial charge in [0, 0.05) is 6.54 Å². The van der Waals surface area contributed by atoms with E-state index in [9.17, 15) is 0 Å². The van der Waals surface area contributed by atoms with E-state index in [4.69, 9.17) is 9.47 Å². The van der Waals surface area contributed by atoms with E-state index in [2.05, 4.69) is 33.4 Å². The highest BCUT2D eigenvalue weighted by molar-refractivity contribution is 5.43. The molecule has 0 saturated carbocycles. The Bertz CT molecular complexity index is 851. The van der Waals surface area contributed by atoms with Gasteiger partial charge >= 0.3 is 0 Å². The van der Waals surface area contributed by atoms with Gasteiger partial charge in [-0.05, 0) is 53.7 Å². The quantitative estimate of drug-likeness (QED) is 0.579. The van der Waals surface area contributed by atoms with E-state index in [0.29, 0.717) is 13.2 Å². The summed E-state index contributed by atoms with van der Waals surface area (Å²) < 4.78 is 12.8. The van der Waals surface area contributed by atoms with E-state index in [-0.39, 0.29) is 0 Å². The molecule has 0 aliphatic carbocycles. The predicted molar refractivity (Wildman–Crippen MR) is 103 cm³/mol. The molecule has 3 aromatic rings. The van der Waals surface area contributed by atoms with Gasteiger partial charge in [0.2, 0.25) is 0 Å². The lowest BCUT2D eigenvalue weighted by molar-refractivity contribution is 0.261. The van der Waals surface area contributed by atoms with Gasteiger partial charge in [0.05, 0.1) is 25.9 Å². The summed E-state index contributed by atoms with van der Waals surface area (Å²) in [5.74, 6) is 2.32. The van der Waals surface area contributed by atoms with Crippen molar-refractivity contribution in [2.75, 3.05) is 20.3 Å². The van der Waals surface area contributed by atoms with Gasteiger partial charge in [-0.1, -0.05) is 31.2 Å². The molecule has 0 saturated heterocycles. The Morgan fingerprint density at radius 1 is 1.00 bits per heavy atom. The third-order valence-electron chi connectivity index (χ3n) is 4.28. The van der Waals surface area contributed by atoms with Crippen molar-refractivity contribution in [2.24, 2.45) is 0 Å². The third kappa shape index (κ3) is 4.62. The summed E-state index contributed by atoms with van der Waals surface area (Å²) in [5.41, 5.74) is 2.10. The standard InChI is InChI=1S/C20H25N5O2/c1-4-24(14-16-11-12-18(27-5-2)19(13-16)26-3)15-20-21-22-23-25(20)17-9-7-6-8-10-17/h6-13H,4-5,14-15H2,1-3H3. The molecule has 27 heavy (non-hydrogen) atoms. The molecule has 3 rings (SSSR count). The van der Waals surface area contributed by atoms with Gasteiger partial charge in [0.1, 0.15) is 0 Å². The minimum absolute atomic E-state index is 0.610. The Hall–Kier alpha value is -2.93. The van der Waals surface area contributed by atoms with Gasteiger partial charge in [-0.25, -0.2) is 0 Å². The monoisotopic (exact) mass is 367 g/mol. The van der Waals surface area contributed by atoms with Crippen molar-refractivity contribution >= 4 is 0 Å². The highest BCUT2D eigenvalue weighted by Gasteiger charge is 2.14. The maximum absolute atomic E-state index is 5.60. The molecule has 142 valence electrons. The first-order valence-corrected chi connectivity index (χ1v) is 9.09. The Morgan fingerprint density at radius 2 is 1.81 bits per heavy atom. The topological polar surface area (TPSA) is 65.3 Å². The van der Waals surface area contributed by atoms with Crippen molar-refractivity contribution in [3.05, 3.63) is 59.9 Å². The SMILES string of the molecule is CCOc1ccc(CN(CC)Cc2nnnn2-c2ccccc2)cc1OC. The molecule has 0 aliphatic heterocycles. The Morgan fingerprint density at radius 3 is 2.52 bits per heavy atom. The molecule has 0 radical (unpaired) electrons. The Balaban J connectivity index is 1.75. The molecule has 0 spiro atoms. The molecule has 7 heteroatoms. The second-order valence-corrected chi connectivity index (χ2v) is 6.06. The van der Waals surface area contributed by atoms with Crippen LogP contribution in [-0.4, -0.2) is 45.4 Å². The van der Waals surface area contributed by atoms with E-state index >= 15 is 0 Å². The van der Waals surface area contributed by atoms with Crippen LogP contribution in [0.4, 0.5) is 0 Å². The minimum Gasteiger partial charge on any atom is -0.493 e. The zero-order chi connectivity index (χ0) is 19.1. The van der Waals surface area contributed by atoms with Crippen LogP contribution in [0.2, 0.25) is 0 Å². The number of hydrogen-bond acceptors (Lipinski definition) is 6. The summed E-state index contributed by atoms with van der Waals surface area (Å²) in [6.45, 7) is 6.98. The predicted octanol–water partition coefficient (Wildman–Crippen LogP) is 3.09. The summed E-state index contributed by atoms with van der Waals surface area (Å²) >= 11 is 0. The van der Waals surface area contributed by atoms with E-state index in [1.807, 2.05) is 49.4 Å². The highest BCUT2D eigenvalue weighted by Crippen LogP contribution is 2.28. The molecular formula is C20H25N5O2. The van der Waals surface area contributed by atoms with E-state index in [1.54, 1.807) is 11.8 Å². The molecular weight excluding hydrogens is 342 g/mol. The number of benzene rings is 2. The minimum atomic E-state index is 0.610. The van der Waals surface area contributed by atoms with E-state index < -0.39 is 0 Å². The number of aromatic nitrogens is 4. The normalized spacial score (nSPS) is 11.0. The fourth-order valence-electron chi connectivity index (χ4n) is 2.90. The molecule has 0 N–H and O–H groups in total. The van der Waals surface area contributed by atoms with Crippen LogP contribution in [0.25, 0.3) is 5.69 Å². The largest absolute Gasteiger partial charge is 0.493 e.